The number of benzene rings is 1. The number of aliphatic hydroxyl groups excluding tert-OH is 1. The Labute approximate surface area is 107 Å². The molecule has 4 N–H and O–H groups in total. The molecule has 5 heteroatoms. The van der Waals surface area contributed by atoms with Crippen LogP contribution < -0.4 is 11.1 Å². The second-order valence-corrected chi connectivity index (χ2v) is 3.89. The van der Waals surface area contributed by atoms with Crippen molar-refractivity contribution in [2.45, 2.75) is 19.4 Å². The molecule has 0 spiro atoms. The zero-order valence-electron chi connectivity index (χ0n) is 10.4. The van der Waals surface area contributed by atoms with Crippen molar-refractivity contribution in [3.63, 3.8) is 0 Å². The molecule has 0 aliphatic carbocycles. The summed E-state index contributed by atoms with van der Waals surface area (Å²) in [4.78, 5) is 11.6. The minimum absolute atomic E-state index is 0.0897. The number of carbonyl (C=O) groups is 1. The molecule has 5 nitrogen and oxygen atoms in total. The minimum atomic E-state index is -0.0897. The SMILES string of the molecule is NCc1cccc(NC(=O)CCOCCCO)c1. The second-order valence-electron chi connectivity index (χ2n) is 3.89. The van der Waals surface area contributed by atoms with Crippen LogP contribution in [0.25, 0.3) is 0 Å². The van der Waals surface area contributed by atoms with Crippen LogP contribution in [-0.2, 0) is 16.1 Å². The Morgan fingerprint density at radius 1 is 1.39 bits per heavy atom. The average Bonchev–Trinajstić information content (AvgIpc) is 2.38. The van der Waals surface area contributed by atoms with E-state index in [0.29, 0.717) is 32.6 Å². The Morgan fingerprint density at radius 2 is 2.22 bits per heavy atom. The normalized spacial score (nSPS) is 10.3. The average molecular weight is 252 g/mol. The quantitative estimate of drug-likeness (QED) is 0.599. The van der Waals surface area contributed by atoms with Gasteiger partial charge in [0.05, 0.1) is 13.0 Å². The Kier molecular flexibility index (Phi) is 7.01. The molecule has 100 valence electrons. The lowest BCUT2D eigenvalue weighted by Crippen LogP contribution is -2.14. The lowest BCUT2D eigenvalue weighted by Gasteiger charge is -2.07. The minimum Gasteiger partial charge on any atom is -0.396 e. The molecule has 0 unspecified atom stereocenters. The van der Waals surface area contributed by atoms with Crippen molar-refractivity contribution in [1.82, 2.24) is 0 Å². The summed E-state index contributed by atoms with van der Waals surface area (Å²) >= 11 is 0. The van der Waals surface area contributed by atoms with E-state index in [4.69, 9.17) is 15.6 Å². The molecule has 0 heterocycles. The number of ether oxygens (including phenoxy) is 1. The fraction of sp³-hybridized carbons (Fsp3) is 0.462. The van der Waals surface area contributed by atoms with Gasteiger partial charge in [-0.1, -0.05) is 12.1 Å². The summed E-state index contributed by atoms with van der Waals surface area (Å²) in [6.07, 6.45) is 0.901. The molecule has 0 saturated carbocycles. The van der Waals surface area contributed by atoms with Gasteiger partial charge in [-0.05, 0) is 24.1 Å². The van der Waals surface area contributed by atoms with Gasteiger partial charge in [-0.25, -0.2) is 0 Å². The summed E-state index contributed by atoms with van der Waals surface area (Å²) < 4.78 is 5.19. The van der Waals surface area contributed by atoms with E-state index < -0.39 is 0 Å². The predicted octanol–water partition coefficient (Wildman–Crippen LogP) is 0.873. The first kappa shape index (κ1) is 14.6. The fourth-order valence-corrected chi connectivity index (χ4v) is 1.43. The van der Waals surface area contributed by atoms with Crippen molar-refractivity contribution in [3.05, 3.63) is 29.8 Å². The Hall–Kier alpha value is -1.43. The molecule has 1 rings (SSSR count). The largest absolute Gasteiger partial charge is 0.396 e. The summed E-state index contributed by atoms with van der Waals surface area (Å²) in [5.74, 6) is -0.0897. The van der Waals surface area contributed by atoms with E-state index in [1.54, 1.807) is 0 Å². The molecule has 1 aromatic carbocycles. The molecule has 1 amide bonds. The second kappa shape index (κ2) is 8.63. The van der Waals surface area contributed by atoms with Crippen LogP contribution in [0, 0.1) is 0 Å². The van der Waals surface area contributed by atoms with Gasteiger partial charge in [0.25, 0.3) is 0 Å². The third-order valence-corrected chi connectivity index (χ3v) is 2.37. The molecular weight excluding hydrogens is 232 g/mol. The highest BCUT2D eigenvalue weighted by molar-refractivity contribution is 5.90. The third-order valence-electron chi connectivity index (χ3n) is 2.37. The number of carbonyl (C=O) groups excluding carboxylic acids is 1. The first-order valence-corrected chi connectivity index (χ1v) is 6.03. The number of nitrogens with one attached hydrogen (secondary N) is 1. The van der Waals surface area contributed by atoms with E-state index in [9.17, 15) is 4.79 Å². The molecule has 0 bridgehead atoms. The van der Waals surface area contributed by atoms with Gasteiger partial charge < -0.3 is 20.9 Å². The lowest BCUT2D eigenvalue weighted by molar-refractivity contribution is -0.117. The Bertz CT molecular complexity index is 369. The number of aliphatic hydroxyl groups is 1. The van der Waals surface area contributed by atoms with Crippen molar-refractivity contribution in [1.29, 1.82) is 0 Å². The molecule has 0 aliphatic rings. The van der Waals surface area contributed by atoms with Crippen molar-refractivity contribution < 1.29 is 14.6 Å². The maximum atomic E-state index is 11.6. The zero-order valence-corrected chi connectivity index (χ0v) is 10.4. The van der Waals surface area contributed by atoms with E-state index in [0.717, 1.165) is 11.3 Å². The van der Waals surface area contributed by atoms with Gasteiger partial charge in [0, 0.05) is 25.4 Å². The van der Waals surface area contributed by atoms with Crippen LogP contribution in [-0.4, -0.2) is 30.8 Å². The smallest absolute Gasteiger partial charge is 0.226 e. The molecule has 0 atom stereocenters. The van der Waals surface area contributed by atoms with Gasteiger partial charge >= 0.3 is 0 Å². The number of hydrogen-bond donors (Lipinski definition) is 3. The molecular formula is C13H20N2O3. The predicted molar refractivity (Wildman–Crippen MR) is 70.1 cm³/mol. The highest BCUT2D eigenvalue weighted by atomic mass is 16.5. The van der Waals surface area contributed by atoms with Gasteiger partial charge in [-0.15, -0.1) is 0 Å². The van der Waals surface area contributed by atoms with Crippen LogP contribution in [0.4, 0.5) is 5.69 Å². The molecule has 1 aromatic rings. The molecule has 18 heavy (non-hydrogen) atoms. The van der Waals surface area contributed by atoms with E-state index in [2.05, 4.69) is 5.32 Å². The monoisotopic (exact) mass is 252 g/mol. The van der Waals surface area contributed by atoms with E-state index >= 15 is 0 Å². The van der Waals surface area contributed by atoms with Gasteiger partial charge in [0.2, 0.25) is 5.91 Å². The van der Waals surface area contributed by atoms with Crippen molar-refractivity contribution in [3.8, 4) is 0 Å². The van der Waals surface area contributed by atoms with Crippen LogP contribution in [0.5, 0.6) is 0 Å². The summed E-state index contributed by atoms with van der Waals surface area (Å²) in [6.45, 7) is 1.40. The van der Waals surface area contributed by atoms with Crippen LogP contribution in [0.2, 0.25) is 0 Å². The first-order chi connectivity index (χ1) is 8.76. The van der Waals surface area contributed by atoms with Crippen LogP contribution in [0.1, 0.15) is 18.4 Å². The summed E-state index contributed by atoms with van der Waals surface area (Å²) in [5.41, 5.74) is 7.25. The zero-order chi connectivity index (χ0) is 13.2. The number of anilines is 1. The Balaban J connectivity index is 2.26. The number of amides is 1. The molecule has 0 fully saturated rings. The summed E-state index contributed by atoms with van der Waals surface area (Å²) in [5, 5.41) is 11.3. The number of hydrogen-bond acceptors (Lipinski definition) is 4. The van der Waals surface area contributed by atoms with Crippen molar-refractivity contribution in [2.24, 2.45) is 5.73 Å². The maximum Gasteiger partial charge on any atom is 0.226 e. The topological polar surface area (TPSA) is 84.6 Å². The highest BCUT2D eigenvalue weighted by Gasteiger charge is 2.02. The first-order valence-electron chi connectivity index (χ1n) is 6.03. The molecule has 0 aromatic heterocycles. The third kappa shape index (κ3) is 5.77. The molecule has 0 aliphatic heterocycles. The van der Waals surface area contributed by atoms with E-state index in [1.165, 1.54) is 0 Å². The van der Waals surface area contributed by atoms with Crippen LogP contribution in [0.3, 0.4) is 0 Å². The van der Waals surface area contributed by atoms with Crippen molar-refractivity contribution >= 4 is 11.6 Å². The molecule has 0 saturated heterocycles. The fourth-order valence-electron chi connectivity index (χ4n) is 1.43. The lowest BCUT2D eigenvalue weighted by atomic mass is 10.2. The highest BCUT2D eigenvalue weighted by Crippen LogP contribution is 2.10. The number of rotatable bonds is 8. The van der Waals surface area contributed by atoms with E-state index in [-0.39, 0.29) is 12.5 Å². The van der Waals surface area contributed by atoms with E-state index in [1.807, 2.05) is 24.3 Å². The van der Waals surface area contributed by atoms with Crippen LogP contribution >= 0.6 is 0 Å². The van der Waals surface area contributed by atoms with Gasteiger partial charge in [0.15, 0.2) is 0 Å². The van der Waals surface area contributed by atoms with Crippen molar-refractivity contribution in [2.75, 3.05) is 25.1 Å². The summed E-state index contributed by atoms with van der Waals surface area (Å²) in [7, 11) is 0. The number of nitrogens with two attached hydrogens (primary N) is 1. The Morgan fingerprint density at radius 3 is 2.94 bits per heavy atom. The summed E-state index contributed by atoms with van der Waals surface area (Å²) in [6, 6.07) is 7.44. The maximum absolute atomic E-state index is 11.6. The van der Waals surface area contributed by atoms with Crippen LogP contribution in [0.15, 0.2) is 24.3 Å². The standard InChI is InChI=1S/C13H20N2O3/c14-10-11-3-1-4-12(9-11)15-13(17)5-8-18-7-2-6-16/h1,3-4,9,16H,2,5-8,10,14H2,(H,15,17). The van der Waals surface area contributed by atoms with Gasteiger partial charge in [-0.2, -0.15) is 0 Å². The van der Waals surface area contributed by atoms with Gasteiger partial charge in [0.1, 0.15) is 0 Å². The van der Waals surface area contributed by atoms with Gasteiger partial charge in [-0.3, -0.25) is 4.79 Å². The molecule has 0 radical (unpaired) electrons.